The number of ether oxygens (including phenoxy) is 3. The lowest BCUT2D eigenvalue weighted by atomic mass is 10.0. The molecule has 0 radical (unpaired) electrons. The van der Waals surface area contributed by atoms with E-state index in [1.165, 1.54) is 18.6 Å². The van der Waals surface area contributed by atoms with Crippen LogP contribution < -0.4 is 4.74 Å². The lowest BCUT2D eigenvalue weighted by molar-refractivity contribution is -0.164. The van der Waals surface area contributed by atoms with Gasteiger partial charge >= 0.3 is 0 Å². The molecule has 1 unspecified atom stereocenters. The highest BCUT2D eigenvalue weighted by Gasteiger charge is 2.28. The number of nitrogens with zero attached hydrogens (tertiary/aromatic N) is 2. The van der Waals surface area contributed by atoms with Gasteiger partial charge in [0.05, 0.1) is 19.6 Å². The first-order chi connectivity index (χ1) is 18.5. The maximum Gasteiger partial charge on any atom is 0.227 e. The fraction of sp³-hybridized carbons (Fsp3) is 0.581. The fourth-order valence-corrected chi connectivity index (χ4v) is 5.06. The molecule has 38 heavy (non-hydrogen) atoms. The second-order valence-electron chi connectivity index (χ2n) is 10.9. The van der Waals surface area contributed by atoms with Crippen molar-refractivity contribution in [1.29, 1.82) is 0 Å². The van der Waals surface area contributed by atoms with Crippen LogP contribution >= 0.6 is 0 Å². The van der Waals surface area contributed by atoms with Crippen molar-refractivity contribution in [2.45, 2.75) is 71.2 Å². The van der Waals surface area contributed by atoms with Crippen LogP contribution in [0.2, 0.25) is 0 Å². The third-order valence-electron chi connectivity index (χ3n) is 7.30. The molecule has 2 aromatic rings. The average molecular weight is 527 g/mol. The summed E-state index contributed by atoms with van der Waals surface area (Å²) >= 11 is 0. The van der Waals surface area contributed by atoms with Crippen LogP contribution in [0, 0.1) is 11.7 Å². The molecule has 0 N–H and O–H groups in total. The van der Waals surface area contributed by atoms with Gasteiger partial charge in [0.15, 0.2) is 6.29 Å². The van der Waals surface area contributed by atoms with Crippen molar-refractivity contribution in [2.75, 3.05) is 39.5 Å². The average Bonchev–Trinajstić information content (AvgIpc) is 2.93. The van der Waals surface area contributed by atoms with Crippen molar-refractivity contribution < 1.29 is 23.4 Å². The molecular formula is C31H43FN2O4. The largest absolute Gasteiger partial charge is 0.493 e. The number of benzene rings is 2. The summed E-state index contributed by atoms with van der Waals surface area (Å²) in [7, 11) is 0. The molecule has 2 aliphatic rings. The molecule has 2 heterocycles. The highest BCUT2D eigenvalue weighted by molar-refractivity contribution is 5.79. The highest BCUT2D eigenvalue weighted by atomic mass is 19.1. The zero-order chi connectivity index (χ0) is 26.7. The normalized spacial score (nSPS) is 19.0. The third-order valence-corrected chi connectivity index (χ3v) is 7.30. The van der Waals surface area contributed by atoms with Gasteiger partial charge in [-0.3, -0.25) is 4.79 Å². The Morgan fingerprint density at radius 2 is 1.74 bits per heavy atom. The van der Waals surface area contributed by atoms with E-state index in [0.717, 1.165) is 68.8 Å². The summed E-state index contributed by atoms with van der Waals surface area (Å²) in [6.45, 7) is 9.59. The van der Waals surface area contributed by atoms with Crippen LogP contribution in [-0.4, -0.2) is 67.5 Å². The lowest BCUT2D eigenvalue weighted by Crippen LogP contribution is -2.48. The maximum atomic E-state index is 13.6. The molecule has 7 heteroatoms. The second kappa shape index (κ2) is 14.6. The van der Waals surface area contributed by atoms with Gasteiger partial charge in [-0.05, 0) is 73.4 Å². The summed E-state index contributed by atoms with van der Waals surface area (Å²) in [6.07, 6.45) is 5.38. The first-order valence-electron chi connectivity index (χ1n) is 14.2. The molecule has 0 saturated carbocycles. The topological polar surface area (TPSA) is 51.2 Å². The van der Waals surface area contributed by atoms with Crippen molar-refractivity contribution >= 4 is 5.91 Å². The van der Waals surface area contributed by atoms with Crippen LogP contribution in [0.5, 0.6) is 5.75 Å². The van der Waals surface area contributed by atoms with E-state index in [-0.39, 0.29) is 24.1 Å². The number of halogens is 1. The van der Waals surface area contributed by atoms with Crippen LogP contribution in [0.3, 0.4) is 0 Å². The van der Waals surface area contributed by atoms with Crippen molar-refractivity contribution in [1.82, 2.24) is 9.80 Å². The third kappa shape index (κ3) is 9.07. The molecule has 208 valence electrons. The molecule has 2 fully saturated rings. The first kappa shape index (κ1) is 28.5. The molecule has 2 aliphatic heterocycles. The van der Waals surface area contributed by atoms with Crippen molar-refractivity contribution in [3.63, 3.8) is 0 Å². The molecule has 2 saturated heterocycles. The predicted octanol–water partition coefficient (Wildman–Crippen LogP) is 5.44. The molecule has 0 bridgehead atoms. The SMILES string of the molecule is CC(C)COc1ccc(CC(=O)N(Cc2ccc(F)cc2)C2CCN(CCOC3CCCCO3)CC2)cc1. The summed E-state index contributed by atoms with van der Waals surface area (Å²) < 4.78 is 30.9. The Labute approximate surface area is 227 Å². The first-order valence-corrected chi connectivity index (χ1v) is 14.2. The van der Waals surface area contributed by atoms with Gasteiger partial charge in [-0.2, -0.15) is 0 Å². The van der Waals surface area contributed by atoms with Gasteiger partial charge in [-0.15, -0.1) is 0 Å². The lowest BCUT2D eigenvalue weighted by Gasteiger charge is -2.39. The Hall–Kier alpha value is -2.48. The van der Waals surface area contributed by atoms with Gasteiger partial charge in [0.2, 0.25) is 5.91 Å². The Balaban J connectivity index is 1.32. The summed E-state index contributed by atoms with van der Waals surface area (Å²) in [4.78, 5) is 18.0. The maximum absolute atomic E-state index is 13.6. The number of piperidine rings is 1. The van der Waals surface area contributed by atoms with E-state index in [1.54, 1.807) is 12.1 Å². The van der Waals surface area contributed by atoms with E-state index in [2.05, 4.69) is 18.7 Å². The minimum absolute atomic E-state index is 0.0547. The zero-order valence-electron chi connectivity index (χ0n) is 22.9. The molecule has 1 atom stereocenters. The van der Waals surface area contributed by atoms with Gasteiger partial charge in [-0.25, -0.2) is 4.39 Å². The molecule has 0 spiro atoms. The number of rotatable bonds is 12. The molecule has 1 amide bonds. The molecule has 0 aliphatic carbocycles. The smallest absolute Gasteiger partial charge is 0.227 e. The molecular weight excluding hydrogens is 483 g/mol. The van der Waals surface area contributed by atoms with Gasteiger partial charge in [0.25, 0.3) is 0 Å². The monoisotopic (exact) mass is 526 g/mol. The number of amides is 1. The number of likely N-dealkylation sites (tertiary alicyclic amines) is 1. The second-order valence-corrected chi connectivity index (χ2v) is 10.9. The van der Waals surface area contributed by atoms with Crippen molar-refractivity contribution in [2.24, 2.45) is 5.92 Å². The van der Waals surface area contributed by atoms with Crippen molar-refractivity contribution in [3.8, 4) is 5.75 Å². The Morgan fingerprint density at radius 3 is 2.39 bits per heavy atom. The fourth-order valence-electron chi connectivity index (χ4n) is 5.06. The summed E-state index contributed by atoms with van der Waals surface area (Å²) in [6, 6.07) is 14.5. The van der Waals surface area contributed by atoms with Crippen LogP contribution in [0.1, 0.15) is 57.1 Å². The molecule has 4 rings (SSSR count). The van der Waals surface area contributed by atoms with Crippen molar-refractivity contribution in [3.05, 3.63) is 65.5 Å². The quantitative estimate of drug-likeness (QED) is 0.369. The van der Waals surface area contributed by atoms with Crippen LogP contribution in [0.4, 0.5) is 4.39 Å². The Morgan fingerprint density at radius 1 is 1.03 bits per heavy atom. The number of hydrogen-bond donors (Lipinski definition) is 0. The molecule has 0 aromatic heterocycles. The summed E-state index contributed by atoms with van der Waals surface area (Å²) in [5.41, 5.74) is 1.91. The van der Waals surface area contributed by atoms with E-state index in [1.807, 2.05) is 29.2 Å². The van der Waals surface area contributed by atoms with E-state index >= 15 is 0 Å². The number of hydrogen-bond acceptors (Lipinski definition) is 5. The van der Waals surface area contributed by atoms with Gasteiger partial charge in [0, 0.05) is 38.8 Å². The molecule has 2 aromatic carbocycles. The highest BCUT2D eigenvalue weighted by Crippen LogP contribution is 2.22. The predicted molar refractivity (Wildman–Crippen MR) is 146 cm³/mol. The van der Waals surface area contributed by atoms with Crippen LogP contribution in [0.25, 0.3) is 0 Å². The van der Waals surface area contributed by atoms with E-state index in [9.17, 15) is 9.18 Å². The summed E-state index contributed by atoms with van der Waals surface area (Å²) in [5, 5.41) is 0. The number of carbonyl (C=O) groups is 1. The zero-order valence-corrected chi connectivity index (χ0v) is 22.9. The van der Waals surface area contributed by atoms with E-state index < -0.39 is 0 Å². The number of carbonyl (C=O) groups excluding carboxylic acids is 1. The van der Waals surface area contributed by atoms with E-state index in [0.29, 0.717) is 32.1 Å². The van der Waals surface area contributed by atoms with Gasteiger partial charge in [0.1, 0.15) is 11.6 Å². The van der Waals surface area contributed by atoms with Crippen LogP contribution in [-0.2, 0) is 27.2 Å². The Kier molecular flexibility index (Phi) is 11.0. The minimum Gasteiger partial charge on any atom is -0.493 e. The summed E-state index contributed by atoms with van der Waals surface area (Å²) in [5.74, 6) is 1.12. The van der Waals surface area contributed by atoms with Gasteiger partial charge < -0.3 is 24.0 Å². The van der Waals surface area contributed by atoms with Crippen LogP contribution in [0.15, 0.2) is 48.5 Å². The standard InChI is InChI=1S/C31H43FN2O4/c1-24(2)23-38-29-12-8-25(9-13-29)21-30(35)34(22-26-6-10-27(32)11-7-26)28-14-16-33(17-15-28)18-20-37-31-5-3-4-19-36-31/h6-13,24,28,31H,3-5,14-23H2,1-2H3. The van der Waals surface area contributed by atoms with Gasteiger partial charge in [-0.1, -0.05) is 38.1 Å². The van der Waals surface area contributed by atoms with E-state index in [4.69, 9.17) is 14.2 Å². The Bertz CT molecular complexity index is 968. The molecule has 6 nitrogen and oxygen atoms in total. The minimum atomic E-state index is -0.263.